The number of hydrogen-bond acceptors (Lipinski definition) is 2. The second-order valence-corrected chi connectivity index (χ2v) is 4.50. The SMILES string of the molecule is CCCCN(CC)C(=O)c1nc(Cl)ccc1Cl. The number of rotatable bonds is 5. The molecular weight excluding hydrogens is 259 g/mol. The Balaban J connectivity index is 2.89. The first-order chi connectivity index (χ1) is 8.10. The van der Waals surface area contributed by atoms with Crippen LogP contribution in [0.5, 0.6) is 0 Å². The molecule has 1 aromatic heterocycles. The first-order valence-electron chi connectivity index (χ1n) is 5.71. The van der Waals surface area contributed by atoms with Crippen molar-refractivity contribution in [2.75, 3.05) is 13.1 Å². The minimum atomic E-state index is -0.159. The third-order valence-electron chi connectivity index (χ3n) is 2.47. The summed E-state index contributed by atoms with van der Waals surface area (Å²) < 4.78 is 0. The first kappa shape index (κ1) is 14.3. The number of carbonyl (C=O) groups excluding carboxylic acids is 1. The Bertz CT molecular complexity index is 396. The maximum Gasteiger partial charge on any atom is 0.274 e. The molecule has 1 aromatic rings. The van der Waals surface area contributed by atoms with E-state index >= 15 is 0 Å². The van der Waals surface area contributed by atoms with Gasteiger partial charge >= 0.3 is 0 Å². The van der Waals surface area contributed by atoms with Crippen molar-refractivity contribution >= 4 is 29.1 Å². The quantitative estimate of drug-likeness (QED) is 0.768. The van der Waals surface area contributed by atoms with Crippen molar-refractivity contribution in [3.63, 3.8) is 0 Å². The first-order valence-corrected chi connectivity index (χ1v) is 6.47. The van der Waals surface area contributed by atoms with Crippen LogP contribution in [0.25, 0.3) is 0 Å². The predicted molar refractivity (Wildman–Crippen MR) is 70.7 cm³/mol. The third kappa shape index (κ3) is 3.86. The Morgan fingerprint density at radius 3 is 2.65 bits per heavy atom. The predicted octanol–water partition coefficient (Wildman–Crippen LogP) is 3.65. The van der Waals surface area contributed by atoms with E-state index in [2.05, 4.69) is 11.9 Å². The molecule has 0 spiro atoms. The lowest BCUT2D eigenvalue weighted by atomic mass is 10.2. The summed E-state index contributed by atoms with van der Waals surface area (Å²) in [5.74, 6) is -0.159. The number of aromatic nitrogens is 1. The normalized spacial score (nSPS) is 10.4. The lowest BCUT2D eigenvalue weighted by Gasteiger charge is -2.20. The molecule has 0 atom stereocenters. The van der Waals surface area contributed by atoms with Crippen LogP contribution in [0.1, 0.15) is 37.2 Å². The van der Waals surface area contributed by atoms with Gasteiger partial charge in [-0.05, 0) is 25.5 Å². The summed E-state index contributed by atoms with van der Waals surface area (Å²) in [6.07, 6.45) is 2.01. The van der Waals surface area contributed by atoms with Crippen molar-refractivity contribution in [2.24, 2.45) is 0 Å². The molecule has 0 radical (unpaired) electrons. The van der Waals surface area contributed by atoms with Gasteiger partial charge < -0.3 is 4.90 Å². The largest absolute Gasteiger partial charge is 0.338 e. The molecule has 0 bridgehead atoms. The number of unbranched alkanes of at least 4 members (excludes halogenated alkanes) is 1. The van der Waals surface area contributed by atoms with E-state index in [9.17, 15) is 4.79 Å². The number of carbonyl (C=O) groups is 1. The lowest BCUT2D eigenvalue weighted by Crippen LogP contribution is -2.32. The van der Waals surface area contributed by atoms with Crippen LogP contribution < -0.4 is 0 Å². The van der Waals surface area contributed by atoms with E-state index in [0.29, 0.717) is 11.6 Å². The number of nitrogens with zero attached hydrogens (tertiary/aromatic N) is 2. The molecule has 17 heavy (non-hydrogen) atoms. The van der Waals surface area contributed by atoms with Gasteiger partial charge in [0.25, 0.3) is 5.91 Å². The highest BCUT2D eigenvalue weighted by molar-refractivity contribution is 6.34. The molecule has 3 nitrogen and oxygen atoms in total. The summed E-state index contributed by atoms with van der Waals surface area (Å²) in [7, 11) is 0. The topological polar surface area (TPSA) is 33.2 Å². The van der Waals surface area contributed by atoms with E-state index < -0.39 is 0 Å². The number of halogens is 2. The average Bonchev–Trinajstić information content (AvgIpc) is 2.33. The fraction of sp³-hybridized carbons (Fsp3) is 0.500. The van der Waals surface area contributed by atoms with Crippen molar-refractivity contribution in [2.45, 2.75) is 26.7 Å². The van der Waals surface area contributed by atoms with E-state index in [4.69, 9.17) is 23.2 Å². The van der Waals surface area contributed by atoms with Gasteiger partial charge in [0.1, 0.15) is 10.8 Å². The fourth-order valence-electron chi connectivity index (χ4n) is 1.47. The minimum Gasteiger partial charge on any atom is -0.338 e. The van der Waals surface area contributed by atoms with Gasteiger partial charge in [-0.15, -0.1) is 0 Å². The van der Waals surface area contributed by atoms with Crippen LogP contribution in [0.15, 0.2) is 12.1 Å². The van der Waals surface area contributed by atoms with Gasteiger partial charge in [0.2, 0.25) is 0 Å². The zero-order valence-corrected chi connectivity index (χ0v) is 11.6. The van der Waals surface area contributed by atoms with Crippen molar-refractivity contribution in [1.82, 2.24) is 9.88 Å². The van der Waals surface area contributed by atoms with Gasteiger partial charge in [0.05, 0.1) is 5.02 Å². The molecule has 0 N–H and O–H groups in total. The summed E-state index contributed by atoms with van der Waals surface area (Å²) in [6.45, 7) is 5.38. The number of hydrogen-bond donors (Lipinski definition) is 0. The molecule has 0 fully saturated rings. The molecule has 94 valence electrons. The van der Waals surface area contributed by atoms with Crippen LogP contribution in [0, 0.1) is 0 Å². The van der Waals surface area contributed by atoms with E-state index in [-0.39, 0.29) is 16.8 Å². The maximum absolute atomic E-state index is 12.2. The summed E-state index contributed by atoms with van der Waals surface area (Å²) in [5.41, 5.74) is 0.233. The van der Waals surface area contributed by atoms with E-state index in [1.54, 1.807) is 17.0 Å². The van der Waals surface area contributed by atoms with E-state index in [1.165, 1.54) is 0 Å². The molecule has 0 aliphatic carbocycles. The molecule has 5 heteroatoms. The van der Waals surface area contributed by atoms with Gasteiger partial charge in [-0.25, -0.2) is 4.98 Å². The average molecular weight is 275 g/mol. The Labute approximate surface area is 112 Å². The Kier molecular flexibility index (Phi) is 5.72. The summed E-state index contributed by atoms with van der Waals surface area (Å²) in [6, 6.07) is 3.17. The summed E-state index contributed by atoms with van der Waals surface area (Å²) in [5, 5.41) is 0.624. The summed E-state index contributed by atoms with van der Waals surface area (Å²) in [4.78, 5) is 17.9. The Morgan fingerprint density at radius 2 is 2.06 bits per heavy atom. The van der Waals surface area contributed by atoms with Gasteiger partial charge in [0, 0.05) is 13.1 Å². The van der Waals surface area contributed by atoms with Crippen molar-refractivity contribution < 1.29 is 4.79 Å². The smallest absolute Gasteiger partial charge is 0.274 e. The van der Waals surface area contributed by atoms with Gasteiger partial charge in [-0.1, -0.05) is 36.5 Å². The zero-order valence-electron chi connectivity index (χ0n) is 10.0. The zero-order chi connectivity index (χ0) is 12.8. The van der Waals surface area contributed by atoms with Gasteiger partial charge in [-0.3, -0.25) is 4.79 Å². The number of amides is 1. The minimum absolute atomic E-state index is 0.159. The molecule has 0 aliphatic rings. The molecule has 0 saturated heterocycles. The van der Waals surface area contributed by atoms with Crippen LogP contribution in [-0.4, -0.2) is 28.9 Å². The standard InChI is InChI=1S/C12H16Cl2N2O/c1-3-5-8-16(4-2)12(17)11-9(13)6-7-10(14)15-11/h6-7H,3-5,8H2,1-2H3. The Morgan fingerprint density at radius 1 is 1.35 bits per heavy atom. The molecule has 0 unspecified atom stereocenters. The van der Waals surface area contributed by atoms with Gasteiger partial charge in [0.15, 0.2) is 0 Å². The van der Waals surface area contributed by atoms with Crippen molar-refractivity contribution in [3.8, 4) is 0 Å². The monoisotopic (exact) mass is 274 g/mol. The van der Waals surface area contributed by atoms with E-state index in [1.807, 2.05) is 6.92 Å². The van der Waals surface area contributed by atoms with Crippen LogP contribution >= 0.6 is 23.2 Å². The second kappa shape index (κ2) is 6.82. The highest BCUT2D eigenvalue weighted by Crippen LogP contribution is 2.18. The highest BCUT2D eigenvalue weighted by Gasteiger charge is 2.18. The number of pyridine rings is 1. The molecule has 1 heterocycles. The fourth-order valence-corrected chi connectivity index (χ4v) is 1.80. The third-order valence-corrected chi connectivity index (χ3v) is 2.98. The van der Waals surface area contributed by atoms with Crippen molar-refractivity contribution in [3.05, 3.63) is 28.0 Å². The summed E-state index contributed by atoms with van der Waals surface area (Å²) >= 11 is 11.7. The molecular formula is C12H16Cl2N2O. The van der Waals surface area contributed by atoms with Crippen LogP contribution in [0.3, 0.4) is 0 Å². The molecule has 1 amide bonds. The van der Waals surface area contributed by atoms with Crippen molar-refractivity contribution in [1.29, 1.82) is 0 Å². The molecule has 0 saturated carbocycles. The van der Waals surface area contributed by atoms with Crippen LogP contribution in [0.2, 0.25) is 10.2 Å². The highest BCUT2D eigenvalue weighted by atomic mass is 35.5. The van der Waals surface area contributed by atoms with Crippen LogP contribution in [-0.2, 0) is 0 Å². The van der Waals surface area contributed by atoms with E-state index in [0.717, 1.165) is 19.4 Å². The lowest BCUT2D eigenvalue weighted by molar-refractivity contribution is 0.0756. The molecule has 1 rings (SSSR count). The molecule has 0 aliphatic heterocycles. The Hall–Kier alpha value is -0.800. The van der Waals surface area contributed by atoms with Crippen LogP contribution in [0.4, 0.5) is 0 Å². The second-order valence-electron chi connectivity index (χ2n) is 3.70. The molecule has 0 aromatic carbocycles. The van der Waals surface area contributed by atoms with Gasteiger partial charge in [-0.2, -0.15) is 0 Å². The maximum atomic E-state index is 12.2.